The van der Waals surface area contributed by atoms with E-state index >= 15 is 0 Å². The Bertz CT molecular complexity index is 484. The predicted molar refractivity (Wildman–Crippen MR) is 88.6 cm³/mol. The number of hydrazine groups is 1. The Morgan fingerprint density at radius 1 is 1.37 bits per heavy atom. The van der Waals surface area contributed by atoms with Gasteiger partial charge < -0.3 is 4.43 Å². The third-order valence-electron chi connectivity index (χ3n) is 3.50. The average molecular weight is 392 g/mol. The molecule has 3 N–H and O–H groups in total. The van der Waals surface area contributed by atoms with E-state index in [1.807, 2.05) is 6.07 Å². The highest BCUT2D eigenvalue weighted by Crippen LogP contribution is 2.38. The Kier molecular flexibility index (Phi) is 5.02. The van der Waals surface area contributed by atoms with E-state index in [0.717, 1.165) is 9.32 Å². The molecule has 0 aliphatic rings. The van der Waals surface area contributed by atoms with Crippen molar-refractivity contribution in [1.82, 2.24) is 5.43 Å². The molecule has 0 unspecified atom stereocenters. The van der Waals surface area contributed by atoms with Crippen LogP contribution in [0.5, 0.6) is 5.75 Å². The number of nitrogens with one attached hydrogen (secondary N) is 1. The summed E-state index contributed by atoms with van der Waals surface area (Å²) in [5, 5.41) is 0.142. The third-order valence-corrected chi connectivity index (χ3v) is 8.68. The smallest absolute Gasteiger partial charge is 0.265 e. The fourth-order valence-electron chi connectivity index (χ4n) is 1.24. The SMILES string of the molecule is CC(C)(C)[Si](C)(C)Oc1ccc(C(=O)NN)cc1I. The van der Waals surface area contributed by atoms with Crippen LogP contribution in [0.1, 0.15) is 31.1 Å². The standard InChI is InChI=1S/C13H21IN2O2Si/c1-13(2,3)19(4,5)18-11-7-6-9(8-10(11)14)12(17)16-15/h6-8H,15H2,1-5H3,(H,16,17). The number of rotatable bonds is 3. The van der Waals surface area contributed by atoms with Crippen LogP contribution in [-0.4, -0.2) is 14.2 Å². The maximum atomic E-state index is 11.4. The van der Waals surface area contributed by atoms with Gasteiger partial charge in [0.05, 0.1) is 3.57 Å². The molecule has 19 heavy (non-hydrogen) atoms. The third kappa shape index (κ3) is 3.93. The largest absolute Gasteiger partial charge is 0.543 e. The maximum Gasteiger partial charge on any atom is 0.265 e. The van der Waals surface area contributed by atoms with Crippen molar-refractivity contribution in [3.8, 4) is 5.75 Å². The van der Waals surface area contributed by atoms with Gasteiger partial charge in [-0.05, 0) is 58.9 Å². The van der Waals surface area contributed by atoms with Crippen LogP contribution in [-0.2, 0) is 0 Å². The van der Waals surface area contributed by atoms with Crippen LogP contribution in [0.25, 0.3) is 0 Å². The van der Waals surface area contributed by atoms with E-state index in [0.29, 0.717) is 5.56 Å². The average Bonchev–Trinajstić information content (AvgIpc) is 2.29. The minimum Gasteiger partial charge on any atom is -0.543 e. The quantitative estimate of drug-likeness (QED) is 0.273. The Hall–Kier alpha value is -0.603. The normalized spacial score (nSPS) is 12.2. The van der Waals surface area contributed by atoms with Crippen molar-refractivity contribution < 1.29 is 9.22 Å². The molecule has 1 aromatic carbocycles. The Balaban J connectivity index is 3.02. The van der Waals surface area contributed by atoms with Gasteiger partial charge in [0.25, 0.3) is 14.2 Å². The molecule has 0 fully saturated rings. The van der Waals surface area contributed by atoms with Gasteiger partial charge in [0.1, 0.15) is 5.75 Å². The number of amides is 1. The molecule has 0 saturated heterocycles. The Morgan fingerprint density at radius 3 is 2.37 bits per heavy atom. The van der Waals surface area contributed by atoms with Gasteiger partial charge in [-0.15, -0.1) is 0 Å². The molecule has 0 heterocycles. The molecule has 4 nitrogen and oxygen atoms in total. The predicted octanol–water partition coefficient (Wildman–Crippen LogP) is 3.28. The summed E-state index contributed by atoms with van der Waals surface area (Å²) in [4.78, 5) is 11.4. The zero-order chi connectivity index (χ0) is 14.8. The second kappa shape index (κ2) is 5.80. The number of carbonyl (C=O) groups is 1. The number of hydrogen-bond acceptors (Lipinski definition) is 3. The molecule has 0 aliphatic carbocycles. The molecule has 0 spiro atoms. The molecule has 0 saturated carbocycles. The van der Waals surface area contributed by atoms with Crippen LogP contribution in [0.15, 0.2) is 18.2 Å². The second-order valence-corrected chi connectivity index (χ2v) is 11.9. The first-order valence-electron chi connectivity index (χ1n) is 6.08. The summed E-state index contributed by atoms with van der Waals surface area (Å²) >= 11 is 2.18. The fourth-order valence-corrected chi connectivity index (χ4v) is 3.10. The van der Waals surface area contributed by atoms with Crippen molar-refractivity contribution in [2.45, 2.75) is 38.9 Å². The van der Waals surface area contributed by atoms with Crippen LogP contribution < -0.4 is 15.7 Å². The highest BCUT2D eigenvalue weighted by molar-refractivity contribution is 14.1. The molecule has 0 atom stereocenters. The van der Waals surface area contributed by atoms with Crippen LogP contribution in [0, 0.1) is 3.57 Å². The van der Waals surface area contributed by atoms with Crippen molar-refractivity contribution in [2.24, 2.45) is 5.84 Å². The summed E-state index contributed by atoms with van der Waals surface area (Å²) in [5.41, 5.74) is 2.66. The number of benzene rings is 1. The van der Waals surface area contributed by atoms with E-state index in [9.17, 15) is 4.79 Å². The van der Waals surface area contributed by atoms with E-state index < -0.39 is 8.32 Å². The van der Waals surface area contributed by atoms with Gasteiger partial charge in [0.15, 0.2) is 0 Å². The molecule has 0 bridgehead atoms. The molecular formula is C13H21IN2O2Si. The Labute approximate surface area is 129 Å². The number of halogens is 1. The lowest BCUT2D eigenvalue weighted by molar-refractivity contribution is 0.0953. The Morgan fingerprint density at radius 2 is 1.95 bits per heavy atom. The van der Waals surface area contributed by atoms with Gasteiger partial charge in [-0.2, -0.15) is 0 Å². The molecule has 106 valence electrons. The van der Waals surface area contributed by atoms with Crippen molar-refractivity contribution >= 4 is 36.8 Å². The van der Waals surface area contributed by atoms with E-state index in [4.69, 9.17) is 10.3 Å². The summed E-state index contributed by atoms with van der Waals surface area (Å²) in [7, 11) is -1.86. The van der Waals surface area contributed by atoms with Crippen LogP contribution in [0.4, 0.5) is 0 Å². The van der Waals surface area contributed by atoms with Gasteiger partial charge >= 0.3 is 0 Å². The lowest BCUT2D eigenvalue weighted by atomic mass is 10.2. The van der Waals surface area contributed by atoms with Crippen molar-refractivity contribution in [2.75, 3.05) is 0 Å². The highest BCUT2D eigenvalue weighted by atomic mass is 127. The number of hydrogen-bond donors (Lipinski definition) is 2. The number of nitrogens with two attached hydrogens (primary N) is 1. The summed E-state index contributed by atoms with van der Waals surface area (Å²) in [6.07, 6.45) is 0. The molecular weight excluding hydrogens is 371 g/mol. The zero-order valence-electron chi connectivity index (χ0n) is 12.0. The highest BCUT2D eigenvalue weighted by Gasteiger charge is 2.39. The summed E-state index contributed by atoms with van der Waals surface area (Å²) in [6, 6.07) is 5.35. The summed E-state index contributed by atoms with van der Waals surface area (Å²) < 4.78 is 7.15. The second-order valence-electron chi connectivity index (χ2n) is 5.98. The van der Waals surface area contributed by atoms with Crippen molar-refractivity contribution in [1.29, 1.82) is 0 Å². The van der Waals surface area contributed by atoms with Crippen LogP contribution >= 0.6 is 22.6 Å². The first kappa shape index (κ1) is 16.5. The number of nitrogen functional groups attached to an aromatic ring is 1. The minimum atomic E-state index is -1.86. The molecule has 0 aliphatic heterocycles. The van der Waals surface area contributed by atoms with E-state index in [2.05, 4.69) is 61.9 Å². The van der Waals surface area contributed by atoms with Gasteiger partial charge in [-0.25, -0.2) is 5.84 Å². The monoisotopic (exact) mass is 392 g/mol. The summed E-state index contributed by atoms with van der Waals surface area (Å²) in [6.45, 7) is 11.0. The summed E-state index contributed by atoms with van der Waals surface area (Å²) in [5.74, 6) is 5.66. The lowest BCUT2D eigenvalue weighted by Gasteiger charge is -2.36. The van der Waals surface area contributed by atoms with E-state index in [1.54, 1.807) is 12.1 Å². The first-order chi connectivity index (χ1) is 8.58. The minimum absolute atomic E-state index is 0.142. The molecule has 1 rings (SSSR count). The van der Waals surface area contributed by atoms with Crippen molar-refractivity contribution in [3.63, 3.8) is 0 Å². The lowest BCUT2D eigenvalue weighted by Crippen LogP contribution is -2.44. The van der Waals surface area contributed by atoms with E-state index in [-0.39, 0.29) is 10.9 Å². The van der Waals surface area contributed by atoms with Crippen molar-refractivity contribution in [3.05, 3.63) is 27.3 Å². The van der Waals surface area contributed by atoms with E-state index in [1.165, 1.54) is 0 Å². The van der Waals surface area contributed by atoms with Crippen LogP contribution in [0.2, 0.25) is 18.1 Å². The molecule has 0 radical (unpaired) electrons. The molecule has 1 amide bonds. The van der Waals surface area contributed by atoms with Gasteiger partial charge in [0, 0.05) is 5.56 Å². The van der Waals surface area contributed by atoms with Gasteiger partial charge in [-0.1, -0.05) is 20.8 Å². The van der Waals surface area contributed by atoms with Gasteiger partial charge in [-0.3, -0.25) is 10.2 Å². The zero-order valence-corrected chi connectivity index (χ0v) is 15.2. The fraction of sp³-hybridized carbons (Fsp3) is 0.462. The molecule has 1 aromatic rings. The number of carbonyl (C=O) groups excluding carboxylic acids is 1. The molecule has 6 heteroatoms. The van der Waals surface area contributed by atoms with Crippen LogP contribution in [0.3, 0.4) is 0 Å². The first-order valence-corrected chi connectivity index (χ1v) is 10.1. The molecule has 0 aromatic heterocycles. The topological polar surface area (TPSA) is 64.3 Å². The van der Waals surface area contributed by atoms with Gasteiger partial charge in [0.2, 0.25) is 0 Å². The maximum absolute atomic E-state index is 11.4.